The van der Waals surface area contributed by atoms with E-state index < -0.39 is 5.91 Å². The van der Waals surface area contributed by atoms with Gasteiger partial charge in [-0.2, -0.15) is 5.06 Å². The summed E-state index contributed by atoms with van der Waals surface area (Å²) in [6, 6.07) is 14.1. The van der Waals surface area contributed by atoms with Crippen molar-refractivity contribution in [3.63, 3.8) is 0 Å². The van der Waals surface area contributed by atoms with Crippen molar-refractivity contribution < 1.29 is 19.5 Å². The molecule has 0 fully saturated rings. The van der Waals surface area contributed by atoms with E-state index in [9.17, 15) is 10.0 Å². The SMILES string of the molecule is CCOc1ccc(-c2nc(N(O)C(=O)c3ccccc3)cs2)cc1OCC. The maximum absolute atomic E-state index is 12.4. The van der Waals surface area contributed by atoms with Crippen LogP contribution in [0.25, 0.3) is 10.6 Å². The van der Waals surface area contributed by atoms with Gasteiger partial charge >= 0.3 is 0 Å². The van der Waals surface area contributed by atoms with Crippen LogP contribution in [0, 0.1) is 0 Å². The quantitative estimate of drug-likeness (QED) is 0.474. The Hall–Kier alpha value is -2.90. The van der Waals surface area contributed by atoms with Gasteiger partial charge in [0.25, 0.3) is 5.91 Å². The molecular formula is C20H20N2O4S. The zero-order chi connectivity index (χ0) is 19.2. The molecule has 2 aromatic carbocycles. The third-order valence-corrected chi connectivity index (χ3v) is 4.59. The van der Waals surface area contributed by atoms with E-state index in [1.165, 1.54) is 11.3 Å². The highest BCUT2D eigenvalue weighted by molar-refractivity contribution is 7.13. The lowest BCUT2D eigenvalue weighted by Crippen LogP contribution is -2.27. The van der Waals surface area contributed by atoms with Crippen LogP contribution >= 0.6 is 11.3 Å². The highest BCUT2D eigenvalue weighted by atomic mass is 32.1. The van der Waals surface area contributed by atoms with Crippen molar-refractivity contribution in [3.05, 3.63) is 59.5 Å². The van der Waals surface area contributed by atoms with E-state index in [4.69, 9.17) is 9.47 Å². The largest absolute Gasteiger partial charge is 0.490 e. The van der Waals surface area contributed by atoms with Crippen LogP contribution in [0.15, 0.2) is 53.9 Å². The average molecular weight is 384 g/mol. The predicted octanol–water partition coefficient (Wildman–Crippen LogP) is 4.64. The second-order valence-corrected chi connectivity index (χ2v) is 6.38. The predicted molar refractivity (Wildman–Crippen MR) is 105 cm³/mol. The fourth-order valence-electron chi connectivity index (χ4n) is 2.49. The van der Waals surface area contributed by atoms with Crippen molar-refractivity contribution in [1.82, 2.24) is 4.98 Å². The van der Waals surface area contributed by atoms with Gasteiger partial charge in [-0.1, -0.05) is 18.2 Å². The summed E-state index contributed by atoms with van der Waals surface area (Å²) < 4.78 is 11.2. The van der Waals surface area contributed by atoms with Crippen LogP contribution in [0.5, 0.6) is 11.5 Å². The van der Waals surface area contributed by atoms with Crippen molar-refractivity contribution in [3.8, 4) is 22.1 Å². The second kappa shape index (κ2) is 8.66. The van der Waals surface area contributed by atoms with Crippen molar-refractivity contribution in [1.29, 1.82) is 0 Å². The van der Waals surface area contributed by atoms with Crippen molar-refractivity contribution >= 4 is 23.1 Å². The summed E-state index contributed by atoms with van der Waals surface area (Å²) in [6.07, 6.45) is 0. The number of thiazole rings is 1. The van der Waals surface area contributed by atoms with Gasteiger partial charge in [-0.05, 0) is 44.2 Å². The Bertz CT molecular complexity index is 911. The van der Waals surface area contributed by atoms with Gasteiger partial charge < -0.3 is 9.47 Å². The Kier molecular flexibility index (Phi) is 6.05. The topological polar surface area (TPSA) is 71.9 Å². The molecule has 6 nitrogen and oxygen atoms in total. The number of hydrogen-bond donors (Lipinski definition) is 1. The van der Waals surface area contributed by atoms with Gasteiger partial charge in [0.2, 0.25) is 0 Å². The van der Waals surface area contributed by atoms with E-state index in [2.05, 4.69) is 4.98 Å². The molecule has 1 heterocycles. The van der Waals surface area contributed by atoms with E-state index in [1.807, 2.05) is 32.0 Å². The number of carbonyl (C=O) groups is 1. The Balaban J connectivity index is 1.85. The maximum atomic E-state index is 12.4. The van der Waals surface area contributed by atoms with E-state index in [-0.39, 0.29) is 5.82 Å². The molecule has 0 saturated carbocycles. The molecule has 0 radical (unpaired) electrons. The molecule has 0 aliphatic rings. The summed E-state index contributed by atoms with van der Waals surface area (Å²) >= 11 is 1.33. The molecule has 0 unspecified atom stereocenters. The van der Waals surface area contributed by atoms with Crippen LogP contribution in [0.1, 0.15) is 24.2 Å². The zero-order valence-electron chi connectivity index (χ0n) is 15.1. The van der Waals surface area contributed by atoms with Crippen molar-refractivity contribution in [2.45, 2.75) is 13.8 Å². The van der Waals surface area contributed by atoms with Gasteiger partial charge in [0.05, 0.1) is 13.2 Å². The first-order valence-corrected chi connectivity index (χ1v) is 9.46. The summed E-state index contributed by atoms with van der Waals surface area (Å²) in [5, 5.41) is 13.1. The lowest BCUT2D eigenvalue weighted by atomic mass is 10.2. The third kappa shape index (κ3) is 4.27. The fourth-order valence-corrected chi connectivity index (χ4v) is 3.27. The van der Waals surface area contributed by atoms with Gasteiger partial charge in [0.1, 0.15) is 5.01 Å². The average Bonchev–Trinajstić information content (AvgIpc) is 3.19. The van der Waals surface area contributed by atoms with Crippen LogP contribution in [0.2, 0.25) is 0 Å². The number of hydroxylamine groups is 1. The molecule has 0 aliphatic carbocycles. The lowest BCUT2D eigenvalue weighted by molar-refractivity contribution is 0.0852. The Morgan fingerprint density at radius 3 is 2.48 bits per heavy atom. The van der Waals surface area contributed by atoms with Crippen molar-refractivity contribution in [2.75, 3.05) is 18.3 Å². The van der Waals surface area contributed by atoms with Gasteiger partial charge in [-0.3, -0.25) is 10.0 Å². The summed E-state index contributed by atoms with van der Waals surface area (Å²) in [7, 11) is 0. The molecule has 3 rings (SSSR count). The number of hydrogen-bond acceptors (Lipinski definition) is 6. The first-order chi connectivity index (χ1) is 13.1. The number of rotatable bonds is 7. The number of carbonyl (C=O) groups excluding carboxylic acids is 1. The normalized spacial score (nSPS) is 10.5. The lowest BCUT2D eigenvalue weighted by Gasteiger charge is -2.12. The molecule has 1 amide bonds. The molecule has 0 aliphatic heterocycles. The smallest absolute Gasteiger partial charge is 0.283 e. The summed E-state index contributed by atoms with van der Waals surface area (Å²) in [5.41, 5.74) is 1.20. The number of amides is 1. The minimum atomic E-state index is -0.533. The van der Waals surface area contributed by atoms with Crippen LogP contribution in [0.4, 0.5) is 5.82 Å². The van der Waals surface area contributed by atoms with E-state index >= 15 is 0 Å². The van der Waals surface area contributed by atoms with Gasteiger partial charge in [0, 0.05) is 16.5 Å². The van der Waals surface area contributed by atoms with Crippen LogP contribution in [-0.4, -0.2) is 29.3 Å². The standard InChI is InChI=1S/C20H20N2O4S/c1-3-25-16-11-10-15(12-17(16)26-4-2)19-21-18(13-27-19)22(24)20(23)14-8-6-5-7-9-14/h5-13,24H,3-4H2,1-2H3. The zero-order valence-corrected chi connectivity index (χ0v) is 15.9. The molecule has 0 bridgehead atoms. The molecule has 3 aromatic rings. The molecule has 0 spiro atoms. The fraction of sp³-hybridized carbons (Fsp3) is 0.200. The number of ether oxygens (including phenoxy) is 2. The van der Waals surface area contributed by atoms with Crippen molar-refractivity contribution in [2.24, 2.45) is 0 Å². The van der Waals surface area contributed by atoms with Gasteiger partial charge in [-0.15, -0.1) is 11.3 Å². The Morgan fingerprint density at radius 2 is 1.78 bits per heavy atom. The van der Waals surface area contributed by atoms with Crippen LogP contribution in [0.3, 0.4) is 0 Å². The molecule has 0 atom stereocenters. The Labute approximate surface area is 161 Å². The molecule has 7 heteroatoms. The minimum Gasteiger partial charge on any atom is -0.490 e. The van der Waals surface area contributed by atoms with Crippen LogP contribution in [-0.2, 0) is 0 Å². The molecule has 1 aromatic heterocycles. The van der Waals surface area contributed by atoms with Gasteiger partial charge in [-0.25, -0.2) is 4.98 Å². The number of aromatic nitrogens is 1. The van der Waals surface area contributed by atoms with E-state index in [0.717, 1.165) is 5.56 Å². The molecule has 1 N–H and O–H groups in total. The van der Waals surface area contributed by atoms with E-state index in [1.54, 1.807) is 35.7 Å². The number of benzene rings is 2. The third-order valence-electron chi connectivity index (χ3n) is 3.71. The second-order valence-electron chi connectivity index (χ2n) is 5.52. The van der Waals surface area contributed by atoms with Crippen LogP contribution < -0.4 is 14.5 Å². The molecular weight excluding hydrogens is 364 g/mol. The monoisotopic (exact) mass is 384 g/mol. The highest BCUT2D eigenvalue weighted by Gasteiger charge is 2.19. The summed E-state index contributed by atoms with van der Waals surface area (Å²) in [6.45, 7) is 4.88. The number of anilines is 1. The first kappa shape index (κ1) is 18.9. The summed E-state index contributed by atoms with van der Waals surface area (Å²) in [5.74, 6) is 0.947. The minimum absolute atomic E-state index is 0.177. The first-order valence-electron chi connectivity index (χ1n) is 8.58. The van der Waals surface area contributed by atoms with Gasteiger partial charge in [0.15, 0.2) is 17.3 Å². The molecule has 27 heavy (non-hydrogen) atoms. The summed E-state index contributed by atoms with van der Waals surface area (Å²) in [4.78, 5) is 16.7. The molecule has 0 saturated heterocycles. The maximum Gasteiger partial charge on any atom is 0.283 e. The Morgan fingerprint density at radius 1 is 1.07 bits per heavy atom. The molecule has 140 valence electrons. The number of nitrogens with zero attached hydrogens (tertiary/aromatic N) is 2. The highest BCUT2D eigenvalue weighted by Crippen LogP contribution is 2.35. The van der Waals surface area contributed by atoms with E-state index in [0.29, 0.717) is 40.3 Å².